The summed E-state index contributed by atoms with van der Waals surface area (Å²) in [6.07, 6.45) is 0. The molecular weight excluding hydrogens is 200 g/mol. The number of hydrogen-bond donors (Lipinski definition) is 2. The Labute approximate surface area is 86.9 Å². The minimum Gasteiger partial charge on any atom is -0.338 e. The SMILES string of the molecule is Cc1nnc(NC(=O)NCC(C)C)s1. The molecule has 6 heteroatoms. The van der Waals surface area contributed by atoms with Crippen molar-refractivity contribution in [2.75, 3.05) is 11.9 Å². The number of urea groups is 1. The van der Waals surface area contributed by atoms with E-state index in [1.807, 2.05) is 20.8 Å². The fourth-order valence-corrected chi connectivity index (χ4v) is 1.37. The van der Waals surface area contributed by atoms with Crippen molar-refractivity contribution in [3.05, 3.63) is 5.01 Å². The van der Waals surface area contributed by atoms with Gasteiger partial charge in [0.1, 0.15) is 5.01 Å². The van der Waals surface area contributed by atoms with Crippen molar-refractivity contribution < 1.29 is 4.79 Å². The molecule has 0 saturated carbocycles. The lowest BCUT2D eigenvalue weighted by Crippen LogP contribution is -2.31. The van der Waals surface area contributed by atoms with E-state index in [9.17, 15) is 4.79 Å². The summed E-state index contributed by atoms with van der Waals surface area (Å²) in [5, 5.41) is 14.3. The van der Waals surface area contributed by atoms with Crippen LogP contribution in [0.25, 0.3) is 0 Å². The fourth-order valence-electron chi connectivity index (χ4n) is 0.785. The van der Waals surface area contributed by atoms with Crippen LogP contribution in [-0.4, -0.2) is 22.8 Å². The molecule has 2 N–H and O–H groups in total. The van der Waals surface area contributed by atoms with E-state index in [1.165, 1.54) is 11.3 Å². The maximum atomic E-state index is 11.2. The van der Waals surface area contributed by atoms with Crippen LogP contribution in [0.4, 0.5) is 9.93 Å². The maximum absolute atomic E-state index is 11.2. The lowest BCUT2D eigenvalue weighted by molar-refractivity contribution is 0.251. The zero-order valence-electron chi connectivity index (χ0n) is 8.50. The monoisotopic (exact) mass is 214 g/mol. The van der Waals surface area contributed by atoms with Crippen LogP contribution in [0.2, 0.25) is 0 Å². The van der Waals surface area contributed by atoms with E-state index < -0.39 is 0 Å². The van der Waals surface area contributed by atoms with Gasteiger partial charge in [0.25, 0.3) is 0 Å². The first-order valence-electron chi connectivity index (χ1n) is 4.43. The molecule has 0 saturated heterocycles. The maximum Gasteiger partial charge on any atom is 0.321 e. The molecule has 1 heterocycles. The van der Waals surface area contributed by atoms with Gasteiger partial charge in [0, 0.05) is 6.54 Å². The van der Waals surface area contributed by atoms with Gasteiger partial charge < -0.3 is 5.32 Å². The van der Waals surface area contributed by atoms with Gasteiger partial charge in [0.05, 0.1) is 0 Å². The summed E-state index contributed by atoms with van der Waals surface area (Å²) >= 11 is 1.36. The van der Waals surface area contributed by atoms with Gasteiger partial charge in [-0.3, -0.25) is 5.32 Å². The number of carbonyl (C=O) groups is 1. The highest BCUT2D eigenvalue weighted by atomic mass is 32.1. The van der Waals surface area contributed by atoms with Crippen LogP contribution in [0.3, 0.4) is 0 Å². The fraction of sp³-hybridized carbons (Fsp3) is 0.625. The van der Waals surface area contributed by atoms with Crippen LogP contribution >= 0.6 is 11.3 Å². The Morgan fingerprint density at radius 1 is 1.50 bits per heavy atom. The summed E-state index contributed by atoms with van der Waals surface area (Å²) in [7, 11) is 0. The largest absolute Gasteiger partial charge is 0.338 e. The van der Waals surface area contributed by atoms with Crippen molar-refractivity contribution in [2.24, 2.45) is 5.92 Å². The molecule has 0 unspecified atom stereocenters. The Bertz CT molecular complexity index is 310. The third kappa shape index (κ3) is 3.69. The van der Waals surface area contributed by atoms with E-state index in [2.05, 4.69) is 20.8 Å². The van der Waals surface area contributed by atoms with Gasteiger partial charge in [-0.25, -0.2) is 4.79 Å². The predicted molar refractivity (Wildman–Crippen MR) is 56.5 cm³/mol. The third-order valence-corrected chi connectivity index (χ3v) is 2.17. The zero-order valence-corrected chi connectivity index (χ0v) is 9.31. The number of aryl methyl sites for hydroxylation is 1. The number of nitrogens with one attached hydrogen (secondary N) is 2. The molecule has 0 bridgehead atoms. The van der Waals surface area contributed by atoms with Crippen molar-refractivity contribution in [1.82, 2.24) is 15.5 Å². The molecule has 2 amide bonds. The summed E-state index contributed by atoms with van der Waals surface area (Å²) in [4.78, 5) is 11.2. The number of anilines is 1. The quantitative estimate of drug-likeness (QED) is 0.803. The van der Waals surface area contributed by atoms with Gasteiger partial charge in [-0.15, -0.1) is 10.2 Å². The van der Waals surface area contributed by atoms with Crippen molar-refractivity contribution in [2.45, 2.75) is 20.8 Å². The van der Waals surface area contributed by atoms with E-state index in [-0.39, 0.29) is 6.03 Å². The first-order valence-corrected chi connectivity index (χ1v) is 5.24. The molecule has 0 atom stereocenters. The highest BCUT2D eigenvalue weighted by Gasteiger charge is 2.05. The van der Waals surface area contributed by atoms with Gasteiger partial charge in [-0.05, 0) is 12.8 Å². The molecule has 0 fully saturated rings. The average molecular weight is 214 g/mol. The van der Waals surface area contributed by atoms with Crippen LogP contribution < -0.4 is 10.6 Å². The smallest absolute Gasteiger partial charge is 0.321 e. The number of amides is 2. The molecule has 14 heavy (non-hydrogen) atoms. The van der Waals surface area contributed by atoms with E-state index in [1.54, 1.807) is 0 Å². The Kier molecular flexibility index (Phi) is 3.82. The van der Waals surface area contributed by atoms with Crippen LogP contribution in [0.5, 0.6) is 0 Å². The number of rotatable bonds is 3. The summed E-state index contributed by atoms with van der Waals surface area (Å²) in [5.41, 5.74) is 0. The van der Waals surface area contributed by atoms with Gasteiger partial charge in [0.15, 0.2) is 0 Å². The molecule has 0 aliphatic rings. The predicted octanol–water partition coefficient (Wildman–Crippen LogP) is 1.62. The van der Waals surface area contributed by atoms with Gasteiger partial charge in [0.2, 0.25) is 5.13 Å². The second kappa shape index (κ2) is 4.90. The van der Waals surface area contributed by atoms with E-state index in [0.29, 0.717) is 17.6 Å². The lowest BCUT2D eigenvalue weighted by atomic mass is 10.2. The van der Waals surface area contributed by atoms with E-state index >= 15 is 0 Å². The van der Waals surface area contributed by atoms with Crippen LogP contribution in [0.1, 0.15) is 18.9 Å². The van der Waals surface area contributed by atoms with Crippen molar-refractivity contribution in [3.8, 4) is 0 Å². The second-order valence-corrected chi connectivity index (χ2v) is 4.54. The summed E-state index contributed by atoms with van der Waals surface area (Å²) < 4.78 is 0. The Morgan fingerprint density at radius 3 is 2.71 bits per heavy atom. The molecule has 0 aliphatic carbocycles. The van der Waals surface area contributed by atoms with Crippen LogP contribution in [-0.2, 0) is 0 Å². The Hall–Kier alpha value is -1.17. The highest BCUT2D eigenvalue weighted by molar-refractivity contribution is 7.15. The number of carbonyl (C=O) groups excluding carboxylic acids is 1. The Morgan fingerprint density at radius 2 is 2.21 bits per heavy atom. The molecule has 0 aromatic carbocycles. The number of nitrogens with zero attached hydrogens (tertiary/aromatic N) is 2. The summed E-state index contributed by atoms with van der Waals surface area (Å²) in [5.74, 6) is 0.442. The lowest BCUT2D eigenvalue weighted by Gasteiger charge is -2.06. The van der Waals surface area contributed by atoms with Crippen molar-refractivity contribution >= 4 is 22.5 Å². The Balaban J connectivity index is 2.34. The van der Waals surface area contributed by atoms with E-state index in [0.717, 1.165) is 5.01 Å². The molecule has 78 valence electrons. The van der Waals surface area contributed by atoms with Crippen molar-refractivity contribution in [1.29, 1.82) is 0 Å². The van der Waals surface area contributed by atoms with Crippen molar-refractivity contribution in [3.63, 3.8) is 0 Å². The molecular formula is C8H14N4OS. The standard InChI is InChI=1S/C8H14N4OS/c1-5(2)4-9-7(13)10-8-12-11-6(3)14-8/h5H,4H2,1-3H3,(H2,9,10,12,13). The first-order chi connectivity index (χ1) is 6.58. The topological polar surface area (TPSA) is 66.9 Å². The van der Waals surface area contributed by atoms with Crippen LogP contribution in [0.15, 0.2) is 0 Å². The zero-order chi connectivity index (χ0) is 10.6. The molecule has 1 aromatic heterocycles. The minimum absolute atomic E-state index is 0.227. The van der Waals surface area contributed by atoms with Crippen LogP contribution in [0, 0.1) is 12.8 Å². The molecule has 0 radical (unpaired) electrons. The number of aromatic nitrogens is 2. The highest BCUT2D eigenvalue weighted by Crippen LogP contribution is 2.12. The second-order valence-electron chi connectivity index (χ2n) is 3.36. The average Bonchev–Trinajstić information content (AvgIpc) is 2.48. The molecule has 5 nitrogen and oxygen atoms in total. The van der Waals surface area contributed by atoms with Gasteiger partial charge in [-0.2, -0.15) is 0 Å². The molecule has 1 rings (SSSR count). The molecule has 0 spiro atoms. The van der Waals surface area contributed by atoms with Gasteiger partial charge >= 0.3 is 6.03 Å². The van der Waals surface area contributed by atoms with Gasteiger partial charge in [-0.1, -0.05) is 25.2 Å². The number of hydrogen-bond acceptors (Lipinski definition) is 4. The summed E-state index contributed by atoms with van der Waals surface area (Å²) in [6.45, 7) is 6.57. The molecule has 0 aliphatic heterocycles. The third-order valence-electron chi connectivity index (χ3n) is 1.42. The summed E-state index contributed by atoms with van der Waals surface area (Å²) in [6, 6.07) is -0.227. The first kappa shape index (κ1) is 10.9. The normalized spacial score (nSPS) is 10.3. The van der Waals surface area contributed by atoms with E-state index in [4.69, 9.17) is 0 Å². The minimum atomic E-state index is -0.227. The molecule has 1 aromatic rings.